The molecule has 0 aliphatic heterocycles. The summed E-state index contributed by atoms with van der Waals surface area (Å²) >= 11 is 6.84. The smallest absolute Gasteiger partial charge is 0.161 e. The maximum absolute atomic E-state index is 13.6. The first-order chi connectivity index (χ1) is 10.0. The first-order valence-corrected chi connectivity index (χ1v) is 8.40. The summed E-state index contributed by atoms with van der Waals surface area (Å²) in [5.74, 6) is 0.958. The van der Waals surface area contributed by atoms with Gasteiger partial charge < -0.3 is 5.32 Å². The van der Waals surface area contributed by atoms with E-state index in [-0.39, 0.29) is 5.82 Å². The van der Waals surface area contributed by atoms with Crippen LogP contribution in [0.4, 0.5) is 10.2 Å². The Labute approximate surface area is 140 Å². The molecule has 0 aliphatic carbocycles. The Morgan fingerprint density at radius 2 is 1.90 bits per heavy atom. The molecule has 0 bridgehead atoms. The lowest BCUT2D eigenvalue weighted by molar-refractivity contribution is 0.627. The van der Waals surface area contributed by atoms with Gasteiger partial charge in [0.15, 0.2) is 5.82 Å². The summed E-state index contributed by atoms with van der Waals surface area (Å²) in [7, 11) is 0. The number of nitrogens with one attached hydrogen (secondary N) is 1. The number of nitrogens with zero attached hydrogens (tertiary/aromatic N) is 2. The maximum Gasteiger partial charge on any atom is 0.161 e. The van der Waals surface area contributed by atoms with Crippen LogP contribution in [0.2, 0.25) is 0 Å². The van der Waals surface area contributed by atoms with Crippen LogP contribution in [-0.4, -0.2) is 16.5 Å². The topological polar surface area (TPSA) is 37.8 Å². The highest BCUT2D eigenvalue weighted by molar-refractivity contribution is 9.11. The molecule has 0 amide bonds. The lowest BCUT2D eigenvalue weighted by atomic mass is 10.2. The summed E-state index contributed by atoms with van der Waals surface area (Å²) in [5, 5.41) is 3.27. The number of hydrogen-bond donors (Lipinski definition) is 1. The zero-order valence-corrected chi connectivity index (χ0v) is 15.1. The van der Waals surface area contributed by atoms with Crippen LogP contribution in [0.25, 0.3) is 11.4 Å². The molecular weight excluding hydrogens is 401 g/mol. The lowest BCUT2D eigenvalue weighted by Gasteiger charge is -2.12. The molecule has 21 heavy (non-hydrogen) atoms. The number of hydrogen-bond acceptors (Lipinski definition) is 3. The van der Waals surface area contributed by atoms with Gasteiger partial charge in [-0.3, -0.25) is 0 Å². The van der Waals surface area contributed by atoms with Crippen molar-refractivity contribution in [3.63, 3.8) is 0 Å². The van der Waals surface area contributed by atoms with Crippen molar-refractivity contribution in [1.29, 1.82) is 0 Å². The summed E-state index contributed by atoms with van der Waals surface area (Å²) in [6.07, 6.45) is 1.77. The van der Waals surface area contributed by atoms with Gasteiger partial charge in [0.25, 0.3) is 0 Å². The van der Waals surface area contributed by atoms with Gasteiger partial charge in [-0.25, -0.2) is 14.4 Å². The minimum Gasteiger partial charge on any atom is -0.369 e. The molecule has 3 nitrogen and oxygen atoms in total. The molecule has 2 aromatic rings. The normalized spacial score (nSPS) is 10.7. The zero-order chi connectivity index (χ0) is 15.4. The van der Waals surface area contributed by atoms with Crippen LogP contribution in [0.15, 0.2) is 27.1 Å². The fraction of sp³-hybridized carbons (Fsp3) is 0.333. The summed E-state index contributed by atoms with van der Waals surface area (Å²) in [6.45, 7) is 4.94. The molecule has 0 spiro atoms. The van der Waals surface area contributed by atoms with Crippen molar-refractivity contribution in [2.75, 3.05) is 11.9 Å². The second-order valence-electron chi connectivity index (χ2n) is 4.59. The number of aromatic nitrogens is 2. The highest BCUT2D eigenvalue weighted by atomic mass is 79.9. The van der Waals surface area contributed by atoms with Crippen molar-refractivity contribution < 1.29 is 4.39 Å². The molecule has 1 aromatic heterocycles. The summed E-state index contributed by atoms with van der Waals surface area (Å²) in [4.78, 5) is 9.04. The molecule has 1 aromatic carbocycles. The lowest BCUT2D eigenvalue weighted by Crippen LogP contribution is -2.07. The van der Waals surface area contributed by atoms with Gasteiger partial charge in [-0.2, -0.15) is 0 Å². The second-order valence-corrected chi connectivity index (χ2v) is 6.30. The predicted molar refractivity (Wildman–Crippen MR) is 91.0 cm³/mol. The van der Waals surface area contributed by atoms with Crippen molar-refractivity contribution >= 4 is 37.7 Å². The molecule has 2 rings (SSSR count). The van der Waals surface area contributed by atoms with Gasteiger partial charge in [0.05, 0.1) is 10.2 Å². The third kappa shape index (κ3) is 4.01. The van der Waals surface area contributed by atoms with Crippen molar-refractivity contribution in [3.8, 4) is 11.4 Å². The summed E-state index contributed by atoms with van der Waals surface area (Å²) in [6, 6.07) is 4.67. The second kappa shape index (κ2) is 7.31. The first kappa shape index (κ1) is 16.4. The van der Waals surface area contributed by atoms with Crippen molar-refractivity contribution in [3.05, 3.63) is 38.7 Å². The third-order valence-corrected chi connectivity index (χ3v) is 4.21. The van der Waals surface area contributed by atoms with Crippen LogP contribution in [0, 0.1) is 5.82 Å². The van der Waals surface area contributed by atoms with Crippen LogP contribution in [0.3, 0.4) is 0 Å². The van der Waals surface area contributed by atoms with Crippen molar-refractivity contribution in [2.24, 2.45) is 0 Å². The molecule has 0 aliphatic rings. The van der Waals surface area contributed by atoms with E-state index in [0.717, 1.165) is 35.4 Å². The largest absolute Gasteiger partial charge is 0.369 e. The minimum absolute atomic E-state index is 0.313. The maximum atomic E-state index is 13.6. The number of anilines is 1. The number of rotatable bonds is 5. The number of halogens is 3. The Kier molecular flexibility index (Phi) is 5.70. The molecule has 6 heteroatoms. The Bertz CT molecular complexity index is 627. The fourth-order valence-electron chi connectivity index (χ4n) is 1.90. The molecule has 1 N–H and O–H groups in total. The van der Waals surface area contributed by atoms with Gasteiger partial charge >= 0.3 is 0 Å². The molecule has 0 saturated carbocycles. The van der Waals surface area contributed by atoms with E-state index in [0.29, 0.717) is 15.9 Å². The molecule has 112 valence electrons. The van der Waals surface area contributed by atoms with E-state index in [4.69, 9.17) is 0 Å². The van der Waals surface area contributed by atoms with E-state index in [9.17, 15) is 4.39 Å². The molecule has 0 saturated heterocycles. The standard InChI is InChI=1S/C15H16Br2FN3/c1-3-5-19-15-13(17)12(4-2)20-14(21-15)9-6-10(16)8-11(18)7-9/h6-8H,3-5H2,1-2H3,(H,19,20,21). The highest BCUT2D eigenvalue weighted by Gasteiger charge is 2.13. The van der Waals surface area contributed by atoms with Crippen LogP contribution in [0.1, 0.15) is 26.0 Å². The highest BCUT2D eigenvalue weighted by Crippen LogP contribution is 2.29. The average molecular weight is 417 g/mol. The van der Waals surface area contributed by atoms with E-state index in [1.165, 1.54) is 12.1 Å². The monoisotopic (exact) mass is 415 g/mol. The zero-order valence-electron chi connectivity index (χ0n) is 11.9. The Morgan fingerprint density at radius 3 is 2.52 bits per heavy atom. The average Bonchev–Trinajstić information content (AvgIpc) is 2.45. The van der Waals surface area contributed by atoms with E-state index in [1.54, 1.807) is 0 Å². The van der Waals surface area contributed by atoms with E-state index in [1.807, 2.05) is 13.0 Å². The Balaban J connectivity index is 2.52. The first-order valence-electron chi connectivity index (χ1n) is 6.81. The van der Waals surface area contributed by atoms with Gasteiger partial charge in [-0.15, -0.1) is 0 Å². The van der Waals surface area contributed by atoms with Gasteiger partial charge in [-0.05, 0) is 47.0 Å². The summed E-state index contributed by atoms with van der Waals surface area (Å²) in [5.41, 5.74) is 1.56. The fourth-order valence-corrected chi connectivity index (χ4v) is 2.96. The van der Waals surface area contributed by atoms with E-state index >= 15 is 0 Å². The molecular formula is C15H16Br2FN3. The SMILES string of the molecule is CCCNc1nc(-c2cc(F)cc(Br)c2)nc(CC)c1Br. The third-order valence-electron chi connectivity index (χ3n) is 2.92. The Morgan fingerprint density at radius 1 is 1.14 bits per heavy atom. The molecule has 0 radical (unpaired) electrons. The van der Waals surface area contributed by atoms with Gasteiger partial charge in [0.2, 0.25) is 0 Å². The van der Waals surface area contributed by atoms with E-state index < -0.39 is 0 Å². The van der Waals surface area contributed by atoms with Crippen molar-refractivity contribution in [2.45, 2.75) is 26.7 Å². The molecule has 0 unspecified atom stereocenters. The van der Waals surface area contributed by atoms with Crippen LogP contribution >= 0.6 is 31.9 Å². The van der Waals surface area contributed by atoms with Gasteiger partial charge in [0, 0.05) is 16.6 Å². The molecule has 0 fully saturated rings. The number of benzene rings is 1. The summed E-state index contributed by atoms with van der Waals surface area (Å²) < 4.78 is 15.1. The van der Waals surface area contributed by atoms with Crippen molar-refractivity contribution in [1.82, 2.24) is 9.97 Å². The van der Waals surface area contributed by atoms with Gasteiger partial charge in [-0.1, -0.05) is 29.8 Å². The predicted octanol–water partition coefficient (Wildman–Crippen LogP) is 5.19. The molecule has 0 atom stereocenters. The van der Waals surface area contributed by atoms with E-state index in [2.05, 4.69) is 54.1 Å². The quantitative estimate of drug-likeness (QED) is 0.728. The van der Waals surface area contributed by atoms with Crippen LogP contribution in [0.5, 0.6) is 0 Å². The molecule has 1 heterocycles. The minimum atomic E-state index is -0.313. The van der Waals surface area contributed by atoms with Gasteiger partial charge in [0.1, 0.15) is 11.6 Å². The number of aryl methyl sites for hydroxylation is 1. The Hall–Kier alpha value is -1.01. The van der Waals surface area contributed by atoms with Crippen LogP contribution in [-0.2, 0) is 6.42 Å². The van der Waals surface area contributed by atoms with Crippen LogP contribution < -0.4 is 5.32 Å².